The van der Waals surface area contributed by atoms with Crippen molar-refractivity contribution in [3.8, 4) is 0 Å². The van der Waals surface area contributed by atoms with Crippen molar-refractivity contribution >= 4 is 46.6 Å². The molecule has 2 aliphatic heterocycles. The highest BCUT2D eigenvalue weighted by atomic mass is 32.2. The van der Waals surface area contributed by atoms with Crippen molar-refractivity contribution in [1.82, 2.24) is 26.2 Å². The lowest BCUT2D eigenvalue weighted by Gasteiger charge is -2.30. The average molecular weight is 547 g/mol. The Hall–Kier alpha value is -3.65. The molecule has 8 N–H and O–H groups in total. The number of imide groups is 1. The van der Waals surface area contributed by atoms with Crippen LogP contribution in [0.15, 0.2) is 35.3 Å². The van der Waals surface area contributed by atoms with Crippen molar-refractivity contribution in [2.24, 2.45) is 16.5 Å². The van der Waals surface area contributed by atoms with E-state index in [-0.39, 0.29) is 43.7 Å². The average Bonchev–Trinajstić information content (AvgIpc) is 3.38. The van der Waals surface area contributed by atoms with E-state index >= 15 is 0 Å². The number of nitrogens with zero attached hydrogens (tertiary/aromatic N) is 2. The molecule has 0 radical (unpaired) electrons. The molecular weight excluding hydrogens is 512 g/mol. The molecule has 3 rings (SSSR count). The van der Waals surface area contributed by atoms with Gasteiger partial charge in [0.25, 0.3) is 5.24 Å². The van der Waals surface area contributed by atoms with E-state index in [1.165, 1.54) is 4.90 Å². The van der Waals surface area contributed by atoms with Crippen LogP contribution in [-0.4, -0.2) is 83.4 Å². The SMILES string of the molecule is NC(N)=NCCC[C@H]1NC(=O)CNCSC(=O)NC(=O)[C@@H](Cc2ccccc2)NC(=O)C2CCCN2C1=O. The summed E-state index contributed by atoms with van der Waals surface area (Å²) in [5.74, 6) is -2.00. The summed E-state index contributed by atoms with van der Waals surface area (Å²) < 4.78 is 0. The molecule has 38 heavy (non-hydrogen) atoms. The van der Waals surface area contributed by atoms with Crippen LogP contribution in [0.2, 0.25) is 0 Å². The van der Waals surface area contributed by atoms with Gasteiger partial charge >= 0.3 is 0 Å². The molecule has 1 aromatic carbocycles. The topological polar surface area (TPSA) is 201 Å². The van der Waals surface area contributed by atoms with E-state index < -0.39 is 41.1 Å². The van der Waals surface area contributed by atoms with Gasteiger partial charge in [0.15, 0.2) is 5.96 Å². The highest BCUT2D eigenvalue weighted by Crippen LogP contribution is 2.20. The Morgan fingerprint density at radius 1 is 1.03 bits per heavy atom. The minimum absolute atomic E-state index is 0.0551. The number of thioether (sulfide) groups is 1. The summed E-state index contributed by atoms with van der Waals surface area (Å²) in [5.41, 5.74) is 11.5. The first-order valence-corrected chi connectivity index (χ1v) is 13.4. The number of aliphatic imine (C=N–C) groups is 1. The summed E-state index contributed by atoms with van der Waals surface area (Å²) in [7, 11) is 0. The number of hydrogen-bond acceptors (Lipinski definition) is 8. The van der Waals surface area contributed by atoms with Crippen LogP contribution < -0.4 is 32.7 Å². The van der Waals surface area contributed by atoms with E-state index in [2.05, 4.69) is 26.3 Å². The van der Waals surface area contributed by atoms with Crippen LogP contribution in [0.25, 0.3) is 0 Å². The monoisotopic (exact) mass is 546 g/mol. The van der Waals surface area contributed by atoms with Gasteiger partial charge in [-0.1, -0.05) is 30.3 Å². The van der Waals surface area contributed by atoms with Crippen molar-refractivity contribution in [2.75, 3.05) is 25.5 Å². The third kappa shape index (κ3) is 8.73. The predicted molar refractivity (Wildman–Crippen MR) is 143 cm³/mol. The summed E-state index contributed by atoms with van der Waals surface area (Å²) in [6.45, 7) is 0.464. The lowest BCUT2D eigenvalue weighted by Crippen LogP contribution is -2.57. The number of nitrogens with two attached hydrogens (primary N) is 2. The van der Waals surface area contributed by atoms with E-state index in [9.17, 15) is 24.0 Å². The van der Waals surface area contributed by atoms with Gasteiger partial charge in [-0.3, -0.25) is 39.6 Å². The van der Waals surface area contributed by atoms with Gasteiger partial charge in [-0.25, -0.2) is 0 Å². The largest absolute Gasteiger partial charge is 0.370 e. The fraction of sp³-hybridized carbons (Fsp3) is 0.500. The molecular formula is C24H34N8O5S. The summed E-state index contributed by atoms with van der Waals surface area (Å²) >= 11 is 0.775. The lowest BCUT2D eigenvalue weighted by molar-refractivity contribution is -0.142. The Bertz CT molecular complexity index is 1050. The Labute approximate surface area is 224 Å². The molecule has 2 saturated heterocycles. The van der Waals surface area contributed by atoms with E-state index in [1.54, 1.807) is 0 Å². The van der Waals surface area contributed by atoms with Gasteiger partial charge < -0.3 is 27.0 Å². The third-order valence-corrected chi connectivity index (χ3v) is 6.86. The molecule has 5 amide bonds. The van der Waals surface area contributed by atoms with Gasteiger partial charge in [0.2, 0.25) is 23.6 Å². The number of carbonyl (C=O) groups excluding carboxylic acids is 5. The molecule has 1 aromatic rings. The van der Waals surface area contributed by atoms with Crippen molar-refractivity contribution in [2.45, 2.75) is 50.2 Å². The molecule has 0 aromatic heterocycles. The first-order chi connectivity index (χ1) is 18.2. The standard InChI is InChI=1S/C24H34N8O5S/c25-23(26)28-10-4-8-16-22(36)32-11-5-9-18(32)21(35)30-17(12-15-6-2-1-3-7-15)20(34)31-24(37)38-14-27-13-19(33)29-16/h1-3,6-7,16-18,27H,4-5,8-14H2,(H,29,33)(H,30,35)(H4,25,26,28)(H,31,34,37)/t16-,17-,18?/m1/s1. The van der Waals surface area contributed by atoms with Crippen molar-refractivity contribution in [3.63, 3.8) is 0 Å². The number of rotatable bonds is 6. The van der Waals surface area contributed by atoms with Gasteiger partial charge in [0.05, 0.1) is 12.4 Å². The fourth-order valence-electron chi connectivity index (χ4n) is 4.34. The summed E-state index contributed by atoms with van der Waals surface area (Å²) in [4.78, 5) is 70.0. The van der Waals surface area contributed by atoms with E-state index in [1.807, 2.05) is 30.3 Å². The molecule has 14 heteroatoms. The quantitative estimate of drug-likeness (QED) is 0.144. The van der Waals surface area contributed by atoms with Crippen LogP contribution in [0.4, 0.5) is 4.79 Å². The lowest BCUT2D eigenvalue weighted by atomic mass is 10.0. The first-order valence-electron chi connectivity index (χ1n) is 12.4. The number of benzene rings is 1. The van der Waals surface area contributed by atoms with Gasteiger partial charge in [0, 0.05) is 19.5 Å². The molecule has 0 aliphatic carbocycles. The third-order valence-electron chi connectivity index (χ3n) is 6.15. The second-order valence-electron chi connectivity index (χ2n) is 9.00. The maximum atomic E-state index is 13.5. The molecule has 0 spiro atoms. The van der Waals surface area contributed by atoms with Gasteiger partial charge in [-0.15, -0.1) is 0 Å². The Morgan fingerprint density at radius 2 is 1.79 bits per heavy atom. The fourth-order valence-corrected chi connectivity index (χ4v) is 4.85. The van der Waals surface area contributed by atoms with Crippen LogP contribution in [0.1, 0.15) is 31.2 Å². The van der Waals surface area contributed by atoms with Crippen LogP contribution in [0.5, 0.6) is 0 Å². The van der Waals surface area contributed by atoms with Gasteiger partial charge in [-0.05, 0) is 43.0 Å². The predicted octanol–water partition coefficient (Wildman–Crippen LogP) is -1.23. The second kappa shape index (κ2) is 14.3. The van der Waals surface area contributed by atoms with Crippen LogP contribution in [0.3, 0.4) is 0 Å². The highest BCUT2D eigenvalue weighted by molar-refractivity contribution is 8.13. The molecule has 0 saturated carbocycles. The van der Waals surface area contributed by atoms with E-state index in [0.717, 1.165) is 17.3 Å². The summed E-state index contributed by atoms with van der Waals surface area (Å²) in [6.07, 6.45) is 1.85. The van der Waals surface area contributed by atoms with Crippen LogP contribution in [0, 0.1) is 0 Å². The van der Waals surface area contributed by atoms with Crippen molar-refractivity contribution in [1.29, 1.82) is 0 Å². The smallest absolute Gasteiger partial charge is 0.286 e. The number of hydrogen-bond donors (Lipinski definition) is 6. The number of guanidine groups is 1. The van der Waals surface area contributed by atoms with Gasteiger partial charge in [-0.2, -0.15) is 0 Å². The zero-order chi connectivity index (χ0) is 27.5. The zero-order valence-electron chi connectivity index (χ0n) is 21.0. The van der Waals surface area contributed by atoms with E-state index in [4.69, 9.17) is 11.5 Å². The highest BCUT2D eigenvalue weighted by Gasteiger charge is 2.39. The first kappa shape index (κ1) is 28.9. The number of carbonyl (C=O) groups is 5. The Morgan fingerprint density at radius 3 is 2.53 bits per heavy atom. The molecule has 206 valence electrons. The maximum absolute atomic E-state index is 13.5. The number of amides is 5. The zero-order valence-corrected chi connectivity index (χ0v) is 21.8. The van der Waals surface area contributed by atoms with Crippen molar-refractivity contribution in [3.05, 3.63) is 35.9 Å². The molecule has 0 bridgehead atoms. The van der Waals surface area contributed by atoms with Crippen molar-refractivity contribution < 1.29 is 24.0 Å². The minimum atomic E-state index is -1.03. The molecule has 13 nitrogen and oxygen atoms in total. The molecule has 1 unspecified atom stereocenters. The molecule has 2 fully saturated rings. The van der Waals surface area contributed by atoms with Crippen LogP contribution in [-0.2, 0) is 25.6 Å². The van der Waals surface area contributed by atoms with Gasteiger partial charge in [0.1, 0.15) is 18.1 Å². The second-order valence-corrected chi connectivity index (χ2v) is 9.95. The van der Waals surface area contributed by atoms with E-state index in [0.29, 0.717) is 25.8 Å². The maximum Gasteiger partial charge on any atom is 0.286 e. The number of nitrogens with one attached hydrogen (secondary N) is 4. The molecule has 2 heterocycles. The molecule has 2 aliphatic rings. The normalized spacial score (nSPS) is 23.7. The Kier molecular flexibility index (Phi) is 10.9. The molecule has 3 atom stereocenters. The number of fused-ring (bicyclic) bond motifs is 1. The van der Waals surface area contributed by atoms with Crippen LogP contribution >= 0.6 is 11.8 Å². The minimum Gasteiger partial charge on any atom is -0.370 e. The summed E-state index contributed by atoms with van der Waals surface area (Å²) in [5, 5.41) is 9.96. The Balaban J connectivity index is 1.82. The summed E-state index contributed by atoms with van der Waals surface area (Å²) in [6, 6.07) is 6.37.